The van der Waals surface area contributed by atoms with Gasteiger partial charge in [-0.25, -0.2) is 0 Å². The Balaban J connectivity index is 2.31. The normalized spacial score (nSPS) is 22.1. The van der Waals surface area contributed by atoms with E-state index in [1.165, 1.54) is 6.92 Å². The first-order valence-electron chi connectivity index (χ1n) is 7.37. The quantitative estimate of drug-likeness (QED) is 0.624. The summed E-state index contributed by atoms with van der Waals surface area (Å²) in [6, 6.07) is -0.0225. The Morgan fingerprint density at radius 2 is 2.14 bits per heavy atom. The maximum atomic E-state index is 11.9. The molecule has 0 unspecified atom stereocenters. The van der Waals surface area contributed by atoms with Crippen molar-refractivity contribution in [2.24, 2.45) is 0 Å². The Bertz CT molecular complexity index is 336. The standard InChI is InChI=1S/C14H27N3O4/c1-11(18)15-6-4-14(19)16-12-5-8-20-10-13(12)21-9-7-17(2)3/h12-13H,4-10H2,1-3H3,(H,15,18)(H,16,19)/t12-,13-/m1/s1. The second kappa shape index (κ2) is 9.70. The summed E-state index contributed by atoms with van der Waals surface area (Å²) in [5, 5.41) is 5.58. The number of hydrogen-bond acceptors (Lipinski definition) is 5. The van der Waals surface area contributed by atoms with Crippen LogP contribution in [0.3, 0.4) is 0 Å². The zero-order chi connectivity index (χ0) is 15.7. The SMILES string of the molecule is CC(=O)NCCC(=O)N[C@@H]1CCOC[C@H]1OCCN(C)C. The van der Waals surface area contributed by atoms with Crippen molar-refractivity contribution in [1.29, 1.82) is 0 Å². The molecule has 0 aromatic carbocycles. The van der Waals surface area contributed by atoms with E-state index < -0.39 is 0 Å². The van der Waals surface area contributed by atoms with Crippen LogP contribution in [0, 0.1) is 0 Å². The van der Waals surface area contributed by atoms with Crippen LogP contribution in [0.15, 0.2) is 0 Å². The summed E-state index contributed by atoms with van der Waals surface area (Å²) >= 11 is 0. The number of nitrogens with zero attached hydrogens (tertiary/aromatic N) is 1. The third-order valence-electron chi connectivity index (χ3n) is 3.25. The van der Waals surface area contributed by atoms with E-state index in [1.54, 1.807) is 0 Å². The predicted octanol–water partition coefficient (Wildman–Crippen LogP) is -0.635. The second-order valence-corrected chi connectivity index (χ2v) is 5.48. The van der Waals surface area contributed by atoms with E-state index in [4.69, 9.17) is 9.47 Å². The van der Waals surface area contributed by atoms with Gasteiger partial charge in [0.25, 0.3) is 0 Å². The molecule has 0 bridgehead atoms. The zero-order valence-corrected chi connectivity index (χ0v) is 13.2. The Kier molecular flexibility index (Phi) is 8.26. The van der Waals surface area contributed by atoms with Crippen LogP contribution in [0.2, 0.25) is 0 Å². The first kappa shape index (κ1) is 17.9. The Labute approximate surface area is 126 Å². The first-order valence-corrected chi connectivity index (χ1v) is 7.37. The Hall–Kier alpha value is -1.18. The second-order valence-electron chi connectivity index (χ2n) is 5.48. The lowest BCUT2D eigenvalue weighted by Crippen LogP contribution is -2.50. The lowest BCUT2D eigenvalue weighted by atomic mass is 10.1. The summed E-state index contributed by atoms with van der Waals surface area (Å²) in [7, 11) is 3.98. The van der Waals surface area contributed by atoms with Crippen molar-refractivity contribution in [3.05, 3.63) is 0 Å². The van der Waals surface area contributed by atoms with Gasteiger partial charge in [0, 0.05) is 33.0 Å². The third kappa shape index (κ3) is 7.99. The molecule has 7 heteroatoms. The average molecular weight is 301 g/mol. The minimum absolute atomic E-state index is 0.0225. The number of nitrogens with one attached hydrogen (secondary N) is 2. The molecule has 1 rings (SSSR count). The number of likely N-dealkylation sites (N-methyl/N-ethyl adjacent to an activating group) is 1. The van der Waals surface area contributed by atoms with Crippen molar-refractivity contribution in [2.75, 3.05) is 47.0 Å². The third-order valence-corrected chi connectivity index (χ3v) is 3.25. The molecule has 1 aliphatic heterocycles. The highest BCUT2D eigenvalue weighted by Gasteiger charge is 2.27. The topological polar surface area (TPSA) is 79.9 Å². The molecule has 0 radical (unpaired) electrons. The van der Waals surface area contributed by atoms with Crippen molar-refractivity contribution >= 4 is 11.8 Å². The zero-order valence-electron chi connectivity index (χ0n) is 13.2. The lowest BCUT2D eigenvalue weighted by Gasteiger charge is -2.32. The molecule has 1 heterocycles. The summed E-state index contributed by atoms with van der Waals surface area (Å²) in [6.45, 7) is 4.37. The molecule has 0 saturated carbocycles. The van der Waals surface area contributed by atoms with Crippen LogP contribution in [0.25, 0.3) is 0 Å². The van der Waals surface area contributed by atoms with E-state index in [9.17, 15) is 9.59 Å². The van der Waals surface area contributed by atoms with Crippen LogP contribution in [-0.4, -0.2) is 75.9 Å². The summed E-state index contributed by atoms with van der Waals surface area (Å²) in [5.41, 5.74) is 0. The molecule has 0 aliphatic carbocycles. The van der Waals surface area contributed by atoms with E-state index >= 15 is 0 Å². The molecule has 0 aromatic heterocycles. The summed E-state index contributed by atoms with van der Waals surface area (Å²) < 4.78 is 11.2. The van der Waals surface area contributed by atoms with Gasteiger partial charge in [0.05, 0.1) is 19.3 Å². The predicted molar refractivity (Wildman–Crippen MR) is 79.0 cm³/mol. The molecular weight excluding hydrogens is 274 g/mol. The fraction of sp³-hybridized carbons (Fsp3) is 0.857. The van der Waals surface area contributed by atoms with E-state index in [1.807, 2.05) is 19.0 Å². The Morgan fingerprint density at radius 3 is 2.81 bits per heavy atom. The molecular formula is C14H27N3O4. The van der Waals surface area contributed by atoms with Gasteiger partial charge in [-0.2, -0.15) is 0 Å². The number of amides is 2. The highest BCUT2D eigenvalue weighted by atomic mass is 16.5. The molecule has 2 atom stereocenters. The molecule has 0 spiro atoms. The number of carbonyl (C=O) groups is 2. The van der Waals surface area contributed by atoms with Crippen LogP contribution in [0.4, 0.5) is 0 Å². The molecule has 7 nitrogen and oxygen atoms in total. The number of rotatable bonds is 8. The molecule has 1 saturated heterocycles. The van der Waals surface area contributed by atoms with Crippen molar-refractivity contribution in [3.8, 4) is 0 Å². The minimum atomic E-state index is -0.126. The molecule has 122 valence electrons. The van der Waals surface area contributed by atoms with Gasteiger partial charge < -0.3 is 25.0 Å². The number of hydrogen-bond donors (Lipinski definition) is 2. The van der Waals surface area contributed by atoms with Gasteiger partial charge in [-0.3, -0.25) is 9.59 Å². The lowest BCUT2D eigenvalue weighted by molar-refractivity contribution is -0.126. The maximum absolute atomic E-state index is 11.9. The molecule has 2 N–H and O–H groups in total. The van der Waals surface area contributed by atoms with Crippen LogP contribution in [0.1, 0.15) is 19.8 Å². The number of carbonyl (C=O) groups excluding carboxylic acids is 2. The van der Waals surface area contributed by atoms with Crippen molar-refractivity contribution < 1.29 is 19.1 Å². The molecule has 1 fully saturated rings. The Morgan fingerprint density at radius 1 is 1.38 bits per heavy atom. The molecule has 2 amide bonds. The monoisotopic (exact) mass is 301 g/mol. The molecule has 0 aromatic rings. The van der Waals surface area contributed by atoms with Gasteiger partial charge in [0.15, 0.2) is 0 Å². The van der Waals surface area contributed by atoms with Crippen LogP contribution >= 0.6 is 0 Å². The molecule has 21 heavy (non-hydrogen) atoms. The van der Waals surface area contributed by atoms with Crippen molar-refractivity contribution in [2.45, 2.75) is 31.9 Å². The van der Waals surface area contributed by atoms with E-state index in [-0.39, 0.29) is 30.4 Å². The maximum Gasteiger partial charge on any atom is 0.222 e. The summed E-state index contributed by atoms with van der Waals surface area (Å²) in [6.07, 6.45) is 0.920. The summed E-state index contributed by atoms with van der Waals surface area (Å²) in [5.74, 6) is -0.198. The van der Waals surface area contributed by atoms with Gasteiger partial charge in [0.2, 0.25) is 11.8 Å². The molecule has 1 aliphatic rings. The fourth-order valence-corrected chi connectivity index (χ4v) is 2.06. The average Bonchev–Trinajstić information content (AvgIpc) is 2.40. The van der Waals surface area contributed by atoms with Crippen molar-refractivity contribution in [3.63, 3.8) is 0 Å². The van der Waals surface area contributed by atoms with Crippen LogP contribution in [0.5, 0.6) is 0 Å². The largest absolute Gasteiger partial charge is 0.379 e. The van der Waals surface area contributed by atoms with Gasteiger partial charge in [-0.15, -0.1) is 0 Å². The van der Waals surface area contributed by atoms with Gasteiger partial charge >= 0.3 is 0 Å². The number of ether oxygens (including phenoxy) is 2. The highest BCUT2D eigenvalue weighted by Crippen LogP contribution is 2.11. The highest BCUT2D eigenvalue weighted by molar-refractivity contribution is 5.78. The minimum Gasteiger partial charge on any atom is -0.379 e. The van der Waals surface area contributed by atoms with Gasteiger partial charge in [-0.1, -0.05) is 0 Å². The summed E-state index contributed by atoms with van der Waals surface area (Å²) in [4.78, 5) is 24.7. The van der Waals surface area contributed by atoms with Crippen molar-refractivity contribution in [1.82, 2.24) is 15.5 Å². The van der Waals surface area contributed by atoms with Crippen LogP contribution in [-0.2, 0) is 19.1 Å². The van der Waals surface area contributed by atoms with E-state index in [0.29, 0.717) is 26.4 Å². The van der Waals surface area contributed by atoms with Crippen LogP contribution < -0.4 is 10.6 Å². The van der Waals surface area contributed by atoms with Gasteiger partial charge in [-0.05, 0) is 20.5 Å². The van der Waals surface area contributed by atoms with E-state index in [0.717, 1.165) is 13.0 Å². The first-order chi connectivity index (χ1) is 9.99. The van der Waals surface area contributed by atoms with Gasteiger partial charge in [0.1, 0.15) is 6.10 Å². The van der Waals surface area contributed by atoms with E-state index in [2.05, 4.69) is 10.6 Å². The smallest absolute Gasteiger partial charge is 0.222 e. The fourth-order valence-electron chi connectivity index (χ4n) is 2.06.